The lowest BCUT2D eigenvalue weighted by Gasteiger charge is -2.28. The smallest absolute Gasteiger partial charge is 0.410 e. The van der Waals surface area contributed by atoms with Gasteiger partial charge in [0.15, 0.2) is 0 Å². The van der Waals surface area contributed by atoms with Crippen molar-refractivity contribution in [3.63, 3.8) is 0 Å². The van der Waals surface area contributed by atoms with Crippen LogP contribution in [-0.4, -0.2) is 29.2 Å². The molecule has 0 unspecified atom stereocenters. The van der Waals surface area contributed by atoms with Crippen molar-refractivity contribution < 1.29 is 9.53 Å². The fraction of sp³-hybridized carbons (Fsp3) is 0.923. The van der Waals surface area contributed by atoms with Crippen LogP contribution in [0.2, 0.25) is 0 Å². The lowest BCUT2D eigenvalue weighted by atomic mass is 10.1. The molecule has 16 heavy (non-hydrogen) atoms. The summed E-state index contributed by atoms with van der Waals surface area (Å²) in [6.45, 7) is 8.81. The third-order valence-corrected chi connectivity index (χ3v) is 2.90. The summed E-state index contributed by atoms with van der Waals surface area (Å²) in [5.74, 6) is 0. The minimum Gasteiger partial charge on any atom is -0.444 e. The average Bonchev–Trinajstić information content (AvgIpc) is 2.59. The van der Waals surface area contributed by atoms with Crippen LogP contribution in [0.1, 0.15) is 59.8 Å². The molecule has 1 aliphatic heterocycles. The minimum atomic E-state index is -0.380. The summed E-state index contributed by atoms with van der Waals surface area (Å²) in [6.07, 6.45) is 5.64. The van der Waals surface area contributed by atoms with Crippen molar-refractivity contribution in [2.45, 2.75) is 71.4 Å². The highest BCUT2D eigenvalue weighted by Crippen LogP contribution is 2.24. The molecule has 1 rings (SSSR count). The third-order valence-electron chi connectivity index (χ3n) is 2.90. The van der Waals surface area contributed by atoms with Crippen molar-refractivity contribution in [3.8, 4) is 0 Å². The number of hydrogen-bond acceptors (Lipinski definition) is 2. The Hall–Kier alpha value is -0.730. The van der Waals surface area contributed by atoms with E-state index in [2.05, 4.69) is 6.92 Å². The van der Waals surface area contributed by atoms with Gasteiger partial charge in [0.05, 0.1) is 0 Å². The van der Waals surface area contributed by atoms with E-state index in [0.717, 1.165) is 25.8 Å². The number of unbranched alkanes of at least 4 members (excludes halogenated alkanes) is 1. The number of ether oxygens (including phenoxy) is 1. The summed E-state index contributed by atoms with van der Waals surface area (Å²) in [7, 11) is 0. The summed E-state index contributed by atoms with van der Waals surface area (Å²) >= 11 is 0. The third kappa shape index (κ3) is 4.03. The van der Waals surface area contributed by atoms with Gasteiger partial charge in [-0.3, -0.25) is 0 Å². The van der Waals surface area contributed by atoms with Crippen molar-refractivity contribution in [1.82, 2.24) is 4.90 Å². The zero-order valence-electron chi connectivity index (χ0n) is 11.1. The largest absolute Gasteiger partial charge is 0.444 e. The molecular formula is C13H25NO2. The van der Waals surface area contributed by atoms with E-state index in [4.69, 9.17) is 4.74 Å². The maximum Gasteiger partial charge on any atom is 0.410 e. The zero-order valence-corrected chi connectivity index (χ0v) is 11.1. The van der Waals surface area contributed by atoms with Crippen molar-refractivity contribution in [2.24, 2.45) is 0 Å². The van der Waals surface area contributed by atoms with Gasteiger partial charge in [-0.1, -0.05) is 19.8 Å². The van der Waals surface area contributed by atoms with Gasteiger partial charge in [-0.15, -0.1) is 0 Å². The number of hydrogen-bond donors (Lipinski definition) is 0. The summed E-state index contributed by atoms with van der Waals surface area (Å²) < 4.78 is 5.42. The van der Waals surface area contributed by atoms with Crippen LogP contribution in [0.15, 0.2) is 0 Å². The van der Waals surface area contributed by atoms with Crippen molar-refractivity contribution in [2.75, 3.05) is 6.54 Å². The number of likely N-dealkylation sites (tertiary alicyclic amines) is 1. The Morgan fingerprint density at radius 2 is 2.12 bits per heavy atom. The quantitative estimate of drug-likeness (QED) is 0.737. The SMILES string of the molecule is CCCC[C@@H]1CCCN1C(=O)OC(C)(C)C. The van der Waals surface area contributed by atoms with Crippen molar-refractivity contribution >= 4 is 6.09 Å². The van der Waals surface area contributed by atoms with E-state index in [1.54, 1.807) is 0 Å². The number of amides is 1. The molecule has 0 spiro atoms. The number of rotatable bonds is 3. The molecule has 0 aromatic rings. The fourth-order valence-corrected chi connectivity index (χ4v) is 2.14. The van der Waals surface area contributed by atoms with Gasteiger partial charge in [0.1, 0.15) is 5.60 Å². The highest BCUT2D eigenvalue weighted by molar-refractivity contribution is 5.68. The molecular weight excluding hydrogens is 202 g/mol. The topological polar surface area (TPSA) is 29.5 Å². The van der Waals surface area contributed by atoms with E-state index in [1.165, 1.54) is 12.8 Å². The Bertz CT molecular complexity index is 233. The Morgan fingerprint density at radius 1 is 1.44 bits per heavy atom. The van der Waals surface area contributed by atoms with Crippen LogP contribution in [0.25, 0.3) is 0 Å². The lowest BCUT2D eigenvalue weighted by molar-refractivity contribution is 0.0219. The van der Waals surface area contributed by atoms with E-state index in [1.807, 2.05) is 25.7 Å². The van der Waals surface area contributed by atoms with Crippen molar-refractivity contribution in [1.29, 1.82) is 0 Å². The lowest BCUT2D eigenvalue weighted by Crippen LogP contribution is -2.39. The molecule has 1 fully saturated rings. The van der Waals surface area contributed by atoms with E-state index < -0.39 is 0 Å². The second-order valence-electron chi connectivity index (χ2n) is 5.61. The van der Waals surface area contributed by atoms with Gasteiger partial charge >= 0.3 is 6.09 Å². The first-order chi connectivity index (χ1) is 7.44. The first-order valence-electron chi connectivity index (χ1n) is 6.43. The first kappa shape index (κ1) is 13.3. The van der Waals surface area contributed by atoms with E-state index in [-0.39, 0.29) is 11.7 Å². The molecule has 0 N–H and O–H groups in total. The fourth-order valence-electron chi connectivity index (χ4n) is 2.14. The Kier molecular flexibility index (Phi) is 4.63. The molecule has 1 atom stereocenters. The molecule has 0 aliphatic carbocycles. The van der Waals surface area contributed by atoms with Gasteiger partial charge in [0, 0.05) is 12.6 Å². The van der Waals surface area contributed by atoms with Crippen LogP contribution in [0.3, 0.4) is 0 Å². The summed E-state index contributed by atoms with van der Waals surface area (Å²) in [5.41, 5.74) is -0.380. The molecule has 94 valence electrons. The predicted molar refractivity (Wildman–Crippen MR) is 65.5 cm³/mol. The molecule has 0 radical (unpaired) electrons. The number of carbonyl (C=O) groups excluding carboxylic acids is 1. The van der Waals surface area contributed by atoms with Gasteiger partial charge < -0.3 is 9.64 Å². The molecule has 0 saturated carbocycles. The standard InChI is InChI=1S/C13H25NO2/c1-5-6-8-11-9-7-10-14(11)12(15)16-13(2,3)4/h11H,5-10H2,1-4H3/t11-/m1/s1. The minimum absolute atomic E-state index is 0.133. The zero-order chi connectivity index (χ0) is 12.2. The van der Waals surface area contributed by atoms with Gasteiger partial charge in [0.2, 0.25) is 0 Å². The molecule has 1 heterocycles. The summed E-state index contributed by atoms with van der Waals surface area (Å²) in [5, 5.41) is 0. The molecule has 1 amide bonds. The van der Waals surface area contributed by atoms with Gasteiger partial charge in [-0.2, -0.15) is 0 Å². The number of carbonyl (C=O) groups is 1. The summed E-state index contributed by atoms with van der Waals surface area (Å²) in [4.78, 5) is 13.9. The van der Waals surface area contributed by atoms with E-state index in [0.29, 0.717) is 6.04 Å². The normalized spacial score (nSPS) is 21.2. The molecule has 1 saturated heterocycles. The van der Waals surface area contributed by atoms with Crippen LogP contribution >= 0.6 is 0 Å². The van der Waals surface area contributed by atoms with Crippen LogP contribution in [-0.2, 0) is 4.74 Å². The van der Waals surface area contributed by atoms with Gasteiger partial charge in [0.25, 0.3) is 0 Å². The Balaban J connectivity index is 2.47. The molecule has 0 bridgehead atoms. The van der Waals surface area contributed by atoms with Crippen LogP contribution in [0.5, 0.6) is 0 Å². The van der Waals surface area contributed by atoms with Crippen LogP contribution < -0.4 is 0 Å². The molecule has 3 heteroatoms. The second kappa shape index (κ2) is 5.55. The van der Waals surface area contributed by atoms with Crippen molar-refractivity contribution in [3.05, 3.63) is 0 Å². The molecule has 1 aliphatic rings. The van der Waals surface area contributed by atoms with Gasteiger partial charge in [-0.05, 0) is 40.0 Å². The van der Waals surface area contributed by atoms with E-state index >= 15 is 0 Å². The highest BCUT2D eigenvalue weighted by atomic mass is 16.6. The van der Waals surface area contributed by atoms with Crippen LogP contribution in [0.4, 0.5) is 4.79 Å². The number of nitrogens with zero attached hydrogens (tertiary/aromatic N) is 1. The first-order valence-corrected chi connectivity index (χ1v) is 6.43. The van der Waals surface area contributed by atoms with Crippen LogP contribution in [0, 0.1) is 0 Å². The maximum atomic E-state index is 11.9. The maximum absolute atomic E-state index is 11.9. The molecule has 0 aromatic heterocycles. The van der Waals surface area contributed by atoms with E-state index in [9.17, 15) is 4.79 Å². The average molecular weight is 227 g/mol. The molecule has 3 nitrogen and oxygen atoms in total. The predicted octanol–water partition coefficient (Wildman–Crippen LogP) is 3.58. The Morgan fingerprint density at radius 3 is 2.69 bits per heavy atom. The highest BCUT2D eigenvalue weighted by Gasteiger charge is 2.31. The molecule has 0 aromatic carbocycles. The second-order valence-corrected chi connectivity index (χ2v) is 5.61. The van der Waals surface area contributed by atoms with Gasteiger partial charge in [-0.25, -0.2) is 4.79 Å². The Labute approximate surface area is 99.1 Å². The monoisotopic (exact) mass is 227 g/mol. The summed E-state index contributed by atoms with van der Waals surface area (Å²) in [6, 6.07) is 0.412.